The number of ketones is 1. The predicted molar refractivity (Wildman–Crippen MR) is 77.2 cm³/mol. The summed E-state index contributed by atoms with van der Waals surface area (Å²) in [4.78, 5) is 14.4. The highest BCUT2D eigenvalue weighted by atomic mass is 16.1. The van der Waals surface area contributed by atoms with Crippen LogP contribution < -0.4 is 0 Å². The van der Waals surface area contributed by atoms with Gasteiger partial charge in [0, 0.05) is 18.5 Å². The molecule has 0 heterocycles. The summed E-state index contributed by atoms with van der Waals surface area (Å²) in [7, 11) is 0. The largest absolute Gasteiger partial charge is 0.303 e. The maximum atomic E-state index is 12.1. The summed E-state index contributed by atoms with van der Waals surface area (Å²) in [5.41, 5.74) is 2.14. The van der Waals surface area contributed by atoms with Gasteiger partial charge in [-0.05, 0) is 31.1 Å². The minimum Gasteiger partial charge on any atom is -0.303 e. The number of nitrogens with zero attached hydrogens (tertiary/aromatic N) is 1. The highest BCUT2D eigenvalue weighted by Crippen LogP contribution is 2.10. The second kappa shape index (κ2) is 8.04. The molecule has 0 unspecified atom stereocenters. The van der Waals surface area contributed by atoms with Gasteiger partial charge in [-0.2, -0.15) is 0 Å². The second-order valence-corrected chi connectivity index (χ2v) is 4.65. The van der Waals surface area contributed by atoms with Crippen LogP contribution in [0.4, 0.5) is 0 Å². The highest BCUT2D eigenvalue weighted by molar-refractivity contribution is 5.96. The topological polar surface area (TPSA) is 20.3 Å². The summed E-state index contributed by atoms with van der Waals surface area (Å²) in [5, 5.41) is 0. The lowest BCUT2D eigenvalue weighted by Gasteiger charge is -2.17. The number of aryl methyl sites for hydroxylation is 1. The van der Waals surface area contributed by atoms with Crippen molar-refractivity contribution in [3.05, 3.63) is 35.4 Å². The van der Waals surface area contributed by atoms with Crippen molar-refractivity contribution in [1.82, 2.24) is 4.90 Å². The Morgan fingerprint density at radius 2 is 1.89 bits per heavy atom. The van der Waals surface area contributed by atoms with Crippen molar-refractivity contribution in [2.24, 2.45) is 0 Å². The average molecular weight is 247 g/mol. The zero-order valence-corrected chi connectivity index (χ0v) is 11.9. The molecule has 0 saturated heterocycles. The first-order chi connectivity index (χ1) is 8.71. The van der Waals surface area contributed by atoms with Gasteiger partial charge in [0.05, 0.1) is 0 Å². The molecule has 0 bridgehead atoms. The molecule has 1 rings (SSSR count). The van der Waals surface area contributed by atoms with E-state index >= 15 is 0 Å². The fraction of sp³-hybridized carbons (Fsp3) is 0.562. The van der Waals surface area contributed by atoms with Crippen LogP contribution in [0.15, 0.2) is 24.3 Å². The molecule has 0 radical (unpaired) electrons. The van der Waals surface area contributed by atoms with Gasteiger partial charge in [-0.1, -0.05) is 45.4 Å². The van der Waals surface area contributed by atoms with Gasteiger partial charge in [0.1, 0.15) is 0 Å². The molecule has 0 aliphatic heterocycles. The molecule has 0 N–H and O–H groups in total. The van der Waals surface area contributed by atoms with Crippen molar-refractivity contribution in [2.75, 3.05) is 19.6 Å². The van der Waals surface area contributed by atoms with Gasteiger partial charge in [-0.25, -0.2) is 0 Å². The molecule has 1 aromatic carbocycles. The van der Waals surface area contributed by atoms with Gasteiger partial charge in [-0.15, -0.1) is 0 Å². The van der Waals surface area contributed by atoms with E-state index < -0.39 is 0 Å². The van der Waals surface area contributed by atoms with E-state index in [1.807, 2.05) is 18.2 Å². The molecule has 0 spiro atoms. The molecule has 0 aromatic heterocycles. The van der Waals surface area contributed by atoms with Crippen LogP contribution in [0.5, 0.6) is 0 Å². The number of hydrogen-bond donors (Lipinski definition) is 0. The van der Waals surface area contributed by atoms with Gasteiger partial charge >= 0.3 is 0 Å². The Hall–Kier alpha value is -1.15. The van der Waals surface area contributed by atoms with Crippen LogP contribution in [0.3, 0.4) is 0 Å². The number of carbonyl (C=O) groups excluding carboxylic acids is 1. The van der Waals surface area contributed by atoms with Crippen LogP contribution in [-0.2, 0) is 6.42 Å². The van der Waals surface area contributed by atoms with Crippen LogP contribution >= 0.6 is 0 Å². The Bertz CT molecular complexity index is 369. The van der Waals surface area contributed by atoms with Crippen molar-refractivity contribution in [2.45, 2.75) is 40.0 Å². The van der Waals surface area contributed by atoms with E-state index in [1.54, 1.807) is 0 Å². The number of rotatable bonds is 8. The average Bonchev–Trinajstić information content (AvgIpc) is 2.40. The maximum absolute atomic E-state index is 12.1. The lowest BCUT2D eigenvalue weighted by Crippen LogP contribution is -2.25. The molecule has 0 saturated carbocycles. The summed E-state index contributed by atoms with van der Waals surface area (Å²) < 4.78 is 0. The van der Waals surface area contributed by atoms with Crippen molar-refractivity contribution in [3.63, 3.8) is 0 Å². The van der Waals surface area contributed by atoms with E-state index in [9.17, 15) is 4.79 Å². The molecular formula is C16H25NO. The van der Waals surface area contributed by atoms with Crippen LogP contribution in [0.2, 0.25) is 0 Å². The van der Waals surface area contributed by atoms with E-state index in [2.05, 4.69) is 31.7 Å². The quantitative estimate of drug-likeness (QED) is 0.655. The zero-order valence-electron chi connectivity index (χ0n) is 11.9. The Kier molecular flexibility index (Phi) is 6.66. The first kappa shape index (κ1) is 14.9. The molecule has 0 atom stereocenters. The zero-order chi connectivity index (χ0) is 13.4. The molecule has 0 aliphatic rings. The normalized spacial score (nSPS) is 10.9. The molecule has 2 heteroatoms. The van der Waals surface area contributed by atoms with Crippen molar-refractivity contribution >= 4 is 5.78 Å². The molecule has 18 heavy (non-hydrogen) atoms. The van der Waals surface area contributed by atoms with Crippen LogP contribution in [0, 0.1) is 0 Å². The molecule has 100 valence electrons. The number of benzene rings is 1. The van der Waals surface area contributed by atoms with E-state index in [1.165, 1.54) is 5.56 Å². The van der Waals surface area contributed by atoms with Gasteiger partial charge < -0.3 is 4.90 Å². The van der Waals surface area contributed by atoms with Gasteiger partial charge in [0.25, 0.3) is 0 Å². The molecule has 0 amide bonds. The molecule has 0 aliphatic carbocycles. The van der Waals surface area contributed by atoms with Crippen molar-refractivity contribution < 1.29 is 4.79 Å². The third-order valence-electron chi connectivity index (χ3n) is 3.34. The minimum absolute atomic E-state index is 0.264. The Morgan fingerprint density at radius 1 is 1.17 bits per heavy atom. The standard InChI is InChI=1S/C16H25NO/c1-4-8-14-9-7-10-15(13-14)16(18)11-12-17(5-2)6-3/h7,9-10,13H,4-6,8,11-12H2,1-3H3. The van der Waals surface area contributed by atoms with E-state index in [0.717, 1.165) is 38.0 Å². The molecule has 0 fully saturated rings. The van der Waals surface area contributed by atoms with E-state index in [4.69, 9.17) is 0 Å². The Balaban J connectivity index is 2.58. The van der Waals surface area contributed by atoms with Crippen LogP contribution in [0.25, 0.3) is 0 Å². The van der Waals surface area contributed by atoms with Crippen molar-refractivity contribution in [3.8, 4) is 0 Å². The van der Waals surface area contributed by atoms with Gasteiger partial charge in [0.15, 0.2) is 5.78 Å². The van der Waals surface area contributed by atoms with Crippen molar-refractivity contribution in [1.29, 1.82) is 0 Å². The van der Waals surface area contributed by atoms with E-state index in [-0.39, 0.29) is 5.78 Å². The van der Waals surface area contributed by atoms with Crippen LogP contribution in [-0.4, -0.2) is 30.3 Å². The maximum Gasteiger partial charge on any atom is 0.164 e. The van der Waals surface area contributed by atoms with Gasteiger partial charge in [-0.3, -0.25) is 4.79 Å². The third kappa shape index (κ3) is 4.61. The highest BCUT2D eigenvalue weighted by Gasteiger charge is 2.08. The fourth-order valence-electron chi connectivity index (χ4n) is 2.13. The third-order valence-corrected chi connectivity index (χ3v) is 3.34. The smallest absolute Gasteiger partial charge is 0.164 e. The SMILES string of the molecule is CCCc1cccc(C(=O)CCN(CC)CC)c1. The number of carbonyl (C=O) groups is 1. The summed E-state index contributed by atoms with van der Waals surface area (Å²) in [6.07, 6.45) is 2.80. The lowest BCUT2D eigenvalue weighted by molar-refractivity contribution is 0.0966. The first-order valence-corrected chi connectivity index (χ1v) is 7.05. The first-order valence-electron chi connectivity index (χ1n) is 7.05. The summed E-state index contributed by atoms with van der Waals surface area (Å²) in [6.45, 7) is 9.32. The fourth-order valence-corrected chi connectivity index (χ4v) is 2.13. The molecule has 2 nitrogen and oxygen atoms in total. The number of hydrogen-bond acceptors (Lipinski definition) is 2. The van der Waals surface area contributed by atoms with Gasteiger partial charge in [0.2, 0.25) is 0 Å². The molecular weight excluding hydrogens is 222 g/mol. The van der Waals surface area contributed by atoms with E-state index in [0.29, 0.717) is 6.42 Å². The minimum atomic E-state index is 0.264. The summed E-state index contributed by atoms with van der Waals surface area (Å²) in [6, 6.07) is 8.08. The monoisotopic (exact) mass is 247 g/mol. The van der Waals surface area contributed by atoms with Crippen LogP contribution in [0.1, 0.15) is 49.5 Å². The molecule has 1 aromatic rings. The predicted octanol–water partition coefficient (Wildman–Crippen LogP) is 3.55. The number of Topliss-reactive ketones (excluding diaryl/α,β-unsaturated/α-hetero) is 1. The Morgan fingerprint density at radius 3 is 2.50 bits per heavy atom. The summed E-state index contributed by atoms with van der Waals surface area (Å²) >= 11 is 0. The Labute approximate surface area is 111 Å². The lowest BCUT2D eigenvalue weighted by atomic mass is 10.0. The summed E-state index contributed by atoms with van der Waals surface area (Å²) in [5.74, 6) is 0.264. The second-order valence-electron chi connectivity index (χ2n) is 4.65.